The minimum Gasteiger partial charge on any atom is -0.507 e. The Kier molecular flexibility index (Phi) is 1.99. The molecule has 0 saturated carbocycles. The van der Waals surface area contributed by atoms with Crippen molar-refractivity contribution in [2.24, 2.45) is 0 Å². The zero-order valence-electron chi connectivity index (χ0n) is 6.83. The van der Waals surface area contributed by atoms with E-state index in [1.165, 1.54) is 20.1 Å². The van der Waals surface area contributed by atoms with Crippen LogP contribution in [0, 0.1) is 6.92 Å². The molecule has 3 N–H and O–H groups in total. The number of hydrogen-bond acceptors (Lipinski definition) is 4. The fourth-order valence-corrected chi connectivity index (χ4v) is 0.872. The van der Waals surface area contributed by atoms with E-state index in [0.29, 0.717) is 0 Å². The third-order valence-corrected chi connectivity index (χ3v) is 1.68. The Hall–Kier alpha value is -1.58. The van der Waals surface area contributed by atoms with E-state index in [1.54, 1.807) is 0 Å². The van der Waals surface area contributed by atoms with Crippen molar-refractivity contribution in [3.05, 3.63) is 11.6 Å². The van der Waals surface area contributed by atoms with E-state index >= 15 is 0 Å². The van der Waals surface area contributed by atoms with Crippen LogP contribution >= 0.6 is 0 Å². The zero-order chi connectivity index (χ0) is 9.30. The van der Waals surface area contributed by atoms with Crippen molar-refractivity contribution in [2.75, 3.05) is 7.11 Å². The maximum atomic E-state index is 9.22. The average Bonchev–Trinajstić information content (AvgIpc) is 2.08. The van der Waals surface area contributed by atoms with Crippen LogP contribution in [0.2, 0.25) is 0 Å². The number of phenolic OH excluding ortho intramolecular Hbond substituents is 3. The number of methoxy groups -OCH3 is 1. The van der Waals surface area contributed by atoms with Crippen LogP contribution < -0.4 is 4.74 Å². The molecular formula is C8H10O4. The van der Waals surface area contributed by atoms with Crippen LogP contribution in [-0.4, -0.2) is 22.4 Å². The van der Waals surface area contributed by atoms with E-state index in [-0.39, 0.29) is 28.6 Å². The third kappa shape index (κ3) is 1.11. The maximum Gasteiger partial charge on any atom is 0.201 e. The second kappa shape index (κ2) is 2.81. The summed E-state index contributed by atoms with van der Waals surface area (Å²) in [6.07, 6.45) is 0. The molecule has 66 valence electrons. The van der Waals surface area contributed by atoms with Gasteiger partial charge in [-0.2, -0.15) is 0 Å². The highest BCUT2D eigenvalue weighted by Crippen LogP contribution is 2.42. The molecule has 0 aliphatic heterocycles. The van der Waals surface area contributed by atoms with Gasteiger partial charge in [-0.1, -0.05) is 0 Å². The fourth-order valence-electron chi connectivity index (χ4n) is 0.872. The normalized spacial score (nSPS) is 9.83. The van der Waals surface area contributed by atoms with E-state index in [0.717, 1.165) is 0 Å². The van der Waals surface area contributed by atoms with Gasteiger partial charge in [0.15, 0.2) is 11.5 Å². The molecule has 4 heteroatoms. The first-order valence-electron chi connectivity index (χ1n) is 3.36. The first-order chi connectivity index (χ1) is 5.57. The molecule has 1 aromatic carbocycles. The molecule has 12 heavy (non-hydrogen) atoms. The zero-order valence-corrected chi connectivity index (χ0v) is 6.83. The van der Waals surface area contributed by atoms with Gasteiger partial charge < -0.3 is 20.1 Å². The SMILES string of the molecule is COc1cc(O)c(C)c(O)c1O. The van der Waals surface area contributed by atoms with Crippen molar-refractivity contribution in [1.29, 1.82) is 0 Å². The highest BCUT2D eigenvalue weighted by molar-refractivity contribution is 5.58. The Morgan fingerprint density at radius 3 is 2.25 bits per heavy atom. The van der Waals surface area contributed by atoms with E-state index in [2.05, 4.69) is 0 Å². The van der Waals surface area contributed by atoms with Gasteiger partial charge in [-0.25, -0.2) is 0 Å². The molecule has 0 aliphatic carbocycles. The van der Waals surface area contributed by atoms with Gasteiger partial charge in [-0.05, 0) is 6.92 Å². The molecule has 1 rings (SSSR count). The van der Waals surface area contributed by atoms with E-state index < -0.39 is 0 Å². The molecule has 0 bridgehead atoms. The summed E-state index contributed by atoms with van der Waals surface area (Å²) in [5.41, 5.74) is 0.230. The van der Waals surface area contributed by atoms with Gasteiger partial charge in [0, 0.05) is 11.6 Å². The van der Waals surface area contributed by atoms with Gasteiger partial charge in [-0.3, -0.25) is 0 Å². The van der Waals surface area contributed by atoms with Gasteiger partial charge in [0.05, 0.1) is 7.11 Å². The molecule has 0 radical (unpaired) electrons. The third-order valence-electron chi connectivity index (χ3n) is 1.68. The van der Waals surface area contributed by atoms with Gasteiger partial charge in [-0.15, -0.1) is 0 Å². The average molecular weight is 170 g/mol. The lowest BCUT2D eigenvalue weighted by Gasteiger charge is -2.08. The molecule has 0 heterocycles. The lowest BCUT2D eigenvalue weighted by Crippen LogP contribution is -1.86. The summed E-state index contributed by atoms with van der Waals surface area (Å²) in [6, 6.07) is 1.24. The van der Waals surface area contributed by atoms with Gasteiger partial charge >= 0.3 is 0 Å². The molecule has 0 fully saturated rings. The minimum absolute atomic E-state index is 0.0515. The van der Waals surface area contributed by atoms with Crippen molar-refractivity contribution in [2.45, 2.75) is 6.92 Å². The van der Waals surface area contributed by atoms with Crippen molar-refractivity contribution in [1.82, 2.24) is 0 Å². The molecule has 0 aliphatic rings. The monoisotopic (exact) mass is 170 g/mol. The van der Waals surface area contributed by atoms with Gasteiger partial charge in [0.2, 0.25) is 5.75 Å². The Balaban J connectivity index is 3.39. The molecule has 0 aromatic heterocycles. The number of phenols is 3. The molecule has 0 amide bonds. The summed E-state index contributed by atoms with van der Waals surface area (Å²) < 4.78 is 4.69. The summed E-state index contributed by atoms with van der Waals surface area (Å²) in [7, 11) is 1.34. The first-order valence-corrected chi connectivity index (χ1v) is 3.36. The van der Waals surface area contributed by atoms with Gasteiger partial charge in [0.1, 0.15) is 5.75 Å². The summed E-state index contributed by atoms with van der Waals surface area (Å²) >= 11 is 0. The number of benzene rings is 1. The lowest BCUT2D eigenvalue weighted by atomic mass is 10.2. The quantitative estimate of drug-likeness (QED) is 0.436. The van der Waals surface area contributed by atoms with Crippen molar-refractivity contribution >= 4 is 0 Å². The lowest BCUT2D eigenvalue weighted by molar-refractivity contribution is 0.343. The fraction of sp³-hybridized carbons (Fsp3) is 0.250. The van der Waals surface area contributed by atoms with E-state index in [9.17, 15) is 15.3 Å². The summed E-state index contributed by atoms with van der Waals surface area (Å²) in [5.74, 6) is -0.766. The topological polar surface area (TPSA) is 69.9 Å². The van der Waals surface area contributed by atoms with Crippen molar-refractivity contribution in [3.8, 4) is 23.0 Å². The molecule has 0 atom stereocenters. The second-order valence-corrected chi connectivity index (χ2v) is 2.42. The molecule has 4 nitrogen and oxygen atoms in total. The van der Waals surface area contributed by atoms with Crippen LogP contribution in [0.25, 0.3) is 0 Å². The molecule has 0 spiro atoms. The highest BCUT2D eigenvalue weighted by atomic mass is 16.5. The van der Waals surface area contributed by atoms with Gasteiger partial charge in [0.25, 0.3) is 0 Å². The predicted molar refractivity (Wildman–Crippen MR) is 42.7 cm³/mol. The predicted octanol–water partition coefficient (Wildman–Crippen LogP) is 1.12. The number of aromatic hydroxyl groups is 3. The summed E-state index contributed by atoms with van der Waals surface area (Å²) in [5, 5.41) is 27.6. The Labute approximate surface area is 69.7 Å². The summed E-state index contributed by atoms with van der Waals surface area (Å²) in [6.45, 7) is 1.49. The minimum atomic E-state index is -0.355. The standard InChI is InChI=1S/C8H10O4/c1-4-5(9)3-6(12-2)8(11)7(4)10/h3,9-11H,1-2H3. The Morgan fingerprint density at radius 1 is 1.17 bits per heavy atom. The van der Waals surface area contributed by atoms with Crippen LogP contribution in [0.5, 0.6) is 23.0 Å². The molecule has 0 unspecified atom stereocenters. The van der Waals surface area contributed by atoms with Crippen LogP contribution in [-0.2, 0) is 0 Å². The van der Waals surface area contributed by atoms with Crippen LogP contribution in [0.3, 0.4) is 0 Å². The smallest absolute Gasteiger partial charge is 0.201 e. The van der Waals surface area contributed by atoms with E-state index in [4.69, 9.17) is 4.74 Å². The van der Waals surface area contributed by atoms with Crippen molar-refractivity contribution < 1.29 is 20.1 Å². The first kappa shape index (κ1) is 8.52. The highest BCUT2D eigenvalue weighted by Gasteiger charge is 2.13. The number of hydrogen-bond donors (Lipinski definition) is 3. The van der Waals surface area contributed by atoms with Crippen molar-refractivity contribution in [3.63, 3.8) is 0 Å². The summed E-state index contributed by atoms with van der Waals surface area (Å²) in [4.78, 5) is 0. The largest absolute Gasteiger partial charge is 0.507 e. The number of rotatable bonds is 1. The molecule has 0 saturated heterocycles. The Morgan fingerprint density at radius 2 is 1.75 bits per heavy atom. The van der Waals surface area contributed by atoms with Crippen LogP contribution in [0.4, 0.5) is 0 Å². The van der Waals surface area contributed by atoms with Crippen LogP contribution in [0.15, 0.2) is 6.07 Å². The van der Waals surface area contributed by atoms with E-state index in [1.807, 2.05) is 0 Å². The maximum absolute atomic E-state index is 9.22. The number of ether oxygens (including phenoxy) is 1. The molecule has 1 aromatic rings. The van der Waals surface area contributed by atoms with Crippen LogP contribution in [0.1, 0.15) is 5.56 Å². The second-order valence-electron chi connectivity index (χ2n) is 2.42. The Bertz CT molecular complexity index is 306. The molecular weight excluding hydrogens is 160 g/mol.